The Kier molecular flexibility index (Phi) is 5.98. The molecule has 1 rings (SSSR count). The average Bonchev–Trinajstić information content (AvgIpc) is 2.23. The molecular weight excluding hydrogens is 434 g/mol. The number of rotatable bonds is 4. The van der Waals surface area contributed by atoms with Crippen molar-refractivity contribution < 1.29 is 14.3 Å². The Balaban J connectivity index is 2.79. The van der Waals surface area contributed by atoms with E-state index in [0.29, 0.717) is 12.2 Å². The van der Waals surface area contributed by atoms with Gasteiger partial charge in [-0.3, -0.25) is 0 Å². The van der Waals surface area contributed by atoms with Crippen LogP contribution in [0.5, 0.6) is 0 Å². The molecule has 0 aromatic heterocycles. The van der Waals surface area contributed by atoms with Crippen LogP contribution in [0.25, 0.3) is 0 Å². The number of carbonyl (C=O) groups is 1. The zero-order valence-electron chi connectivity index (χ0n) is 9.05. The Morgan fingerprint density at radius 3 is 2.62 bits per heavy atom. The molecule has 0 spiro atoms. The molecule has 0 aliphatic rings. The Morgan fingerprint density at radius 1 is 1.31 bits per heavy atom. The van der Waals surface area contributed by atoms with E-state index in [4.69, 9.17) is 9.47 Å². The van der Waals surface area contributed by atoms with Crippen molar-refractivity contribution in [2.45, 2.75) is 13.8 Å². The van der Waals surface area contributed by atoms with Gasteiger partial charge in [-0.25, -0.2) is 4.79 Å². The van der Waals surface area contributed by atoms with Crippen LogP contribution in [0, 0.1) is 14.1 Å². The first-order valence-electron chi connectivity index (χ1n) is 4.76. The van der Waals surface area contributed by atoms with E-state index in [0.717, 1.165) is 12.7 Å². The predicted molar refractivity (Wildman–Crippen MR) is 78.5 cm³/mol. The number of hydrogen-bond donors (Lipinski definition) is 0. The Morgan fingerprint density at radius 2 is 2.00 bits per heavy atom. The summed E-state index contributed by atoms with van der Waals surface area (Å²) in [6, 6.07) is 3.81. The molecule has 0 saturated heterocycles. The molecule has 0 aliphatic heterocycles. The standard InChI is InChI=1S/C11H12I2O3/c1-3-15-6-16-11(14)8-5-9(12)7(2)4-10(8)13/h4-5H,3,6H2,1-2H3. The van der Waals surface area contributed by atoms with Gasteiger partial charge in [-0.15, -0.1) is 0 Å². The summed E-state index contributed by atoms with van der Waals surface area (Å²) in [5.41, 5.74) is 1.75. The molecule has 0 unspecified atom stereocenters. The van der Waals surface area contributed by atoms with Crippen LogP contribution in [-0.2, 0) is 9.47 Å². The van der Waals surface area contributed by atoms with Crippen molar-refractivity contribution in [3.8, 4) is 0 Å². The normalized spacial score (nSPS) is 10.2. The van der Waals surface area contributed by atoms with Gasteiger partial charge in [0.15, 0.2) is 6.79 Å². The highest BCUT2D eigenvalue weighted by molar-refractivity contribution is 14.1. The molecule has 0 atom stereocenters. The van der Waals surface area contributed by atoms with Crippen molar-refractivity contribution in [2.24, 2.45) is 0 Å². The highest BCUT2D eigenvalue weighted by Crippen LogP contribution is 2.20. The summed E-state index contributed by atoms with van der Waals surface area (Å²) in [4.78, 5) is 11.7. The van der Waals surface area contributed by atoms with Gasteiger partial charge in [-0.1, -0.05) is 0 Å². The summed E-state index contributed by atoms with van der Waals surface area (Å²) in [5.74, 6) is -0.337. The lowest BCUT2D eigenvalue weighted by Crippen LogP contribution is -2.10. The summed E-state index contributed by atoms with van der Waals surface area (Å²) in [7, 11) is 0. The fourth-order valence-corrected chi connectivity index (χ4v) is 2.37. The summed E-state index contributed by atoms with van der Waals surface area (Å²) in [6.07, 6.45) is 0. The van der Waals surface area contributed by atoms with E-state index in [9.17, 15) is 4.79 Å². The summed E-state index contributed by atoms with van der Waals surface area (Å²) in [6.45, 7) is 4.41. The van der Waals surface area contributed by atoms with Crippen LogP contribution < -0.4 is 0 Å². The van der Waals surface area contributed by atoms with Crippen LogP contribution in [0.3, 0.4) is 0 Å². The Hall–Kier alpha value is 0.110. The van der Waals surface area contributed by atoms with Crippen molar-refractivity contribution in [3.05, 3.63) is 30.4 Å². The van der Waals surface area contributed by atoms with E-state index in [1.165, 1.54) is 0 Å². The number of hydrogen-bond acceptors (Lipinski definition) is 3. The SMILES string of the molecule is CCOCOC(=O)c1cc(I)c(C)cc1I. The molecule has 0 fully saturated rings. The van der Waals surface area contributed by atoms with Gasteiger partial charge in [0.25, 0.3) is 0 Å². The van der Waals surface area contributed by atoms with Crippen LogP contribution in [-0.4, -0.2) is 19.4 Å². The highest BCUT2D eigenvalue weighted by atomic mass is 127. The smallest absolute Gasteiger partial charge is 0.341 e. The van der Waals surface area contributed by atoms with Gasteiger partial charge in [0.05, 0.1) is 5.56 Å². The lowest BCUT2D eigenvalue weighted by atomic mass is 10.1. The third-order valence-corrected chi connectivity index (χ3v) is 4.00. The third kappa shape index (κ3) is 3.85. The number of ether oxygens (including phenoxy) is 2. The van der Waals surface area contributed by atoms with Crippen LogP contribution in [0.15, 0.2) is 12.1 Å². The maximum atomic E-state index is 11.7. The molecule has 0 aliphatic carbocycles. The molecule has 0 bridgehead atoms. The first kappa shape index (κ1) is 14.2. The van der Waals surface area contributed by atoms with Crippen LogP contribution >= 0.6 is 45.2 Å². The van der Waals surface area contributed by atoms with Gasteiger partial charge in [0.1, 0.15) is 0 Å². The van der Waals surface area contributed by atoms with Crippen molar-refractivity contribution in [1.82, 2.24) is 0 Å². The minimum atomic E-state index is -0.337. The van der Waals surface area contributed by atoms with Crippen molar-refractivity contribution in [1.29, 1.82) is 0 Å². The molecule has 88 valence electrons. The van der Waals surface area contributed by atoms with E-state index in [-0.39, 0.29) is 12.8 Å². The summed E-state index contributed by atoms with van der Waals surface area (Å²) < 4.78 is 11.9. The number of carbonyl (C=O) groups excluding carboxylic acids is 1. The van der Waals surface area contributed by atoms with E-state index in [1.54, 1.807) is 0 Å². The van der Waals surface area contributed by atoms with E-state index >= 15 is 0 Å². The molecule has 0 N–H and O–H groups in total. The molecule has 0 saturated carbocycles. The number of esters is 1. The highest BCUT2D eigenvalue weighted by Gasteiger charge is 2.13. The maximum absolute atomic E-state index is 11.7. The lowest BCUT2D eigenvalue weighted by Gasteiger charge is -2.08. The Bertz CT molecular complexity index is 391. The molecule has 1 aromatic carbocycles. The topological polar surface area (TPSA) is 35.5 Å². The minimum Gasteiger partial charge on any atom is -0.435 e. The van der Waals surface area contributed by atoms with Crippen LogP contribution in [0.4, 0.5) is 0 Å². The summed E-state index contributed by atoms with van der Waals surface area (Å²) in [5, 5.41) is 0. The second-order valence-electron chi connectivity index (χ2n) is 3.12. The predicted octanol–water partition coefficient (Wildman–Crippen LogP) is 3.36. The van der Waals surface area contributed by atoms with Gasteiger partial charge in [0.2, 0.25) is 0 Å². The second-order valence-corrected chi connectivity index (χ2v) is 5.45. The first-order chi connectivity index (χ1) is 7.56. The van der Waals surface area contributed by atoms with Crippen molar-refractivity contribution in [2.75, 3.05) is 13.4 Å². The third-order valence-electron chi connectivity index (χ3n) is 1.95. The second kappa shape index (κ2) is 6.75. The molecule has 0 amide bonds. The van der Waals surface area contributed by atoms with Crippen molar-refractivity contribution >= 4 is 51.2 Å². The largest absolute Gasteiger partial charge is 0.435 e. The average molecular weight is 446 g/mol. The maximum Gasteiger partial charge on any atom is 0.341 e. The molecule has 1 aromatic rings. The first-order valence-corrected chi connectivity index (χ1v) is 6.92. The van der Waals surface area contributed by atoms with Crippen molar-refractivity contribution in [3.63, 3.8) is 0 Å². The fourth-order valence-electron chi connectivity index (χ4n) is 1.06. The van der Waals surface area contributed by atoms with Crippen LogP contribution in [0.2, 0.25) is 0 Å². The lowest BCUT2D eigenvalue weighted by molar-refractivity contribution is -0.0275. The van der Waals surface area contributed by atoms with E-state index in [1.807, 2.05) is 26.0 Å². The number of aryl methyl sites for hydroxylation is 1. The molecule has 5 heteroatoms. The molecule has 16 heavy (non-hydrogen) atoms. The zero-order chi connectivity index (χ0) is 12.1. The van der Waals surface area contributed by atoms with Gasteiger partial charge in [-0.2, -0.15) is 0 Å². The van der Waals surface area contributed by atoms with Gasteiger partial charge < -0.3 is 9.47 Å². The van der Waals surface area contributed by atoms with E-state index in [2.05, 4.69) is 45.2 Å². The molecule has 0 radical (unpaired) electrons. The van der Waals surface area contributed by atoms with Gasteiger partial charge in [0, 0.05) is 13.7 Å². The number of benzene rings is 1. The van der Waals surface area contributed by atoms with Gasteiger partial charge >= 0.3 is 5.97 Å². The zero-order valence-corrected chi connectivity index (χ0v) is 13.4. The molecule has 0 heterocycles. The van der Waals surface area contributed by atoms with E-state index < -0.39 is 0 Å². The Labute approximate surface area is 122 Å². The minimum absolute atomic E-state index is 0.00979. The summed E-state index contributed by atoms with van der Waals surface area (Å²) >= 11 is 4.34. The molecular formula is C11H12I2O3. The quantitative estimate of drug-likeness (QED) is 0.308. The monoisotopic (exact) mass is 446 g/mol. The fraction of sp³-hybridized carbons (Fsp3) is 0.364. The molecule has 3 nitrogen and oxygen atoms in total. The van der Waals surface area contributed by atoms with Gasteiger partial charge in [-0.05, 0) is 76.7 Å². The van der Waals surface area contributed by atoms with Crippen LogP contribution in [0.1, 0.15) is 22.8 Å². The number of halogens is 2.